The molecule has 42 rings (SSSR count). The van der Waals surface area contributed by atoms with Crippen LogP contribution in [0.1, 0.15) is 113 Å². The fraction of sp³-hybridized carbons (Fsp3) is 0.159. The molecule has 1 saturated heterocycles. The fourth-order valence-electron chi connectivity index (χ4n) is 33.1. The van der Waals surface area contributed by atoms with E-state index >= 15 is 0 Å². The number of fused-ring (bicyclic) bond motifs is 20. The molecule has 0 amide bonds. The van der Waals surface area contributed by atoms with Crippen LogP contribution in [0.2, 0.25) is 0 Å². The first kappa shape index (κ1) is 52.1. The first-order valence-electron chi connectivity index (χ1n) is 42.3. The second-order valence-corrected chi connectivity index (χ2v) is 42.2. The van der Waals surface area contributed by atoms with Gasteiger partial charge in [0.25, 0.3) is 0 Å². The summed E-state index contributed by atoms with van der Waals surface area (Å²) in [5.41, 5.74) is 16.8. The number of aromatic nitrogens is 8. The Labute approximate surface area is 647 Å². The second-order valence-electron chi connectivity index (χ2n) is 42.2. The van der Waals surface area contributed by atoms with E-state index in [0.717, 1.165) is 56.0 Å². The second kappa shape index (κ2) is 13.4. The van der Waals surface area contributed by atoms with E-state index in [-0.39, 0.29) is 22.3 Å². The molecule has 520 valence electrons. The number of benzene rings is 21. The molecule has 6 heterocycles. The van der Waals surface area contributed by atoms with E-state index in [1.54, 1.807) is 313 Å². The Morgan fingerprint density at radius 2 is 0.595 bits per heavy atom. The lowest BCUT2D eigenvalue weighted by Gasteiger charge is -2.50. The molecule has 2 N–H and O–H groups in total. The van der Waals surface area contributed by atoms with Gasteiger partial charge in [0, 0.05) is 56.4 Å². The van der Waals surface area contributed by atoms with Crippen molar-refractivity contribution in [3.05, 3.63) is 117 Å². The van der Waals surface area contributed by atoms with Crippen LogP contribution >= 0.6 is 0 Å². The summed E-state index contributed by atoms with van der Waals surface area (Å²) in [6, 6.07) is 27.8. The number of nitrogens with one attached hydrogen (secondary N) is 2. The molecule has 32 aromatic carbocycles. The predicted octanol–water partition coefficient (Wildman–Crippen LogP) is 27.1. The van der Waals surface area contributed by atoms with Crippen LogP contribution in [0.25, 0.3) is 381 Å². The highest BCUT2D eigenvalue weighted by molar-refractivity contribution is 6.82. The zero-order valence-electron chi connectivity index (χ0n) is 63.8. The lowest BCUT2D eigenvalue weighted by molar-refractivity contribution is 0.272. The lowest BCUT2D eigenvalue weighted by Crippen LogP contribution is -2.50. The molecule has 3 aromatic heterocycles. The number of hydrogen-bond donors (Lipinski definition) is 2. The zero-order chi connectivity index (χ0) is 73.5. The number of hydrogen-bond acceptors (Lipinski definition) is 7. The average molecular weight is 1460 g/mol. The predicted molar refractivity (Wildman–Crippen MR) is 481 cm³/mol. The van der Waals surface area contributed by atoms with Crippen LogP contribution in [-0.2, 0) is 27.1 Å². The van der Waals surface area contributed by atoms with Crippen LogP contribution < -0.4 is 0 Å². The van der Waals surface area contributed by atoms with Crippen molar-refractivity contribution in [3.63, 3.8) is 0 Å². The van der Waals surface area contributed by atoms with Gasteiger partial charge in [-0.1, -0.05) is 117 Å². The van der Waals surface area contributed by atoms with Gasteiger partial charge in [-0.2, -0.15) is 0 Å². The van der Waals surface area contributed by atoms with Crippen LogP contribution in [0.5, 0.6) is 0 Å². The third-order valence-corrected chi connectivity index (χ3v) is 35.6. The number of H-pyrrole nitrogens is 2. The molecular weight excluding hydrogens is 1410 g/mol. The molecular formula is C107H47N9. The summed E-state index contributed by atoms with van der Waals surface area (Å²) in [5.74, 6) is 2.50. The van der Waals surface area contributed by atoms with Gasteiger partial charge < -0.3 is 9.97 Å². The average Bonchev–Trinajstić information content (AvgIpc) is 1.38. The molecule has 3 aliphatic heterocycles. The van der Waals surface area contributed by atoms with Gasteiger partial charge in [0.1, 0.15) is 22.6 Å². The zero-order valence-corrected chi connectivity index (χ0v) is 63.8. The van der Waals surface area contributed by atoms with Crippen molar-refractivity contribution in [1.82, 2.24) is 44.8 Å². The van der Waals surface area contributed by atoms with Gasteiger partial charge in [-0.05, 0) is 377 Å². The SMILES string of the molecule is CN1CC23c4c5c6c7c8c9c(c%10c%11c2c2c%12c4c4c%13c5c5c7c7c8c8c%14c9c%10c9c%10c%11c2c2c%11c%12c4c4c%12c%13c5c5c7c7c8c8c%14c9c9c%10c2c2c%11c4c4c%12c5c7c5c8c9c2c45)C63C1c1ccc2c(c1)-c1nc-2nc2[nH]c(nc3nc(nc4[nH]c(n1)c1ccc(C(C)(C)C)cc41)-c1ccc(C(C)(C)C)cc1-3)c1c(C(C)(C)C)cccc21. The van der Waals surface area contributed by atoms with E-state index in [0.29, 0.717) is 40.2 Å². The molecule has 35 aromatic rings. The van der Waals surface area contributed by atoms with Crippen molar-refractivity contribution in [3.8, 4) is 45.6 Å². The minimum absolute atomic E-state index is 0.122. The molecule has 9 heteroatoms. The van der Waals surface area contributed by atoms with Crippen LogP contribution in [0.15, 0.2) is 72.8 Å². The van der Waals surface area contributed by atoms with Crippen molar-refractivity contribution >= 4 is 335 Å². The number of nitrogens with zero attached hydrogens (tertiary/aromatic N) is 7. The summed E-state index contributed by atoms with van der Waals surface area (Å²) in [6.45, 7) is 21.5. The van der Waals surface area contributed by atoms with Gasteiger partial charge in [-0.15, -0.1) is 0 Å². The number of aromatic amines is 2. The number of rotatable bonds is 1. The summed E-state index contributed by atoms with van der Waals surface area (Å²) in [6.07, 6.45) is 0. The Hall–Kier alpha value is -13.3. The molecule has 116 heavy (non-hydrogen) atoms. The largest absolute Gasteiger partial charge is 0.324 e. The normalized spacial score (nSPS) is 19.9. The van der Waals surface area contributed by atoms with Crippen LogP contribution in [0.3, 0.4) is 0 Å². The van der Waals surface area contributed by atoms with Gasteiger partial charge >= 0.3 is 0 Å². The highest BCUT2D eigenvalue weighted by Crippen LogP contribution is 2.87. The van der Waals surface area contributed by atoms with Gasteiger partial charge in [0.2, 0.25) is 0 Å². The maximum absolute atomic E-state index is 5.98. The Morgan fingerprint density at radius 1 is 0.276 bits per heavy atom. The van der Waals surface area contributed by atoms with E-state index in [4.69, 9.17) is 29.9 Å². The van der Waals surface area contributed by atoms with Crippen molar-refractivity contribution in [2.45, 2.75) is 95.4 Å². The smallest absolute Gasteiger partial charge is 0.164 e. The first-order chi connectivity index (χ1) is 56.5. The molecule has 2 spiro atoms. The molecule has 8 bridgehead atoms. The summed E-state index contributed by atoms with van der Waals surface area (Å²) in [5, 5.41) is 91.5. The van der Waals surface area contributed by atoms with Gasteiger partial charge in [0.05, 0.1) is 10.8 Å². The molecule has 0 radical (unpaired) electrons. The third-order valence-electron chi connectivity index (χ3n) is 35.6. The minimum atomic E-state index is -0.574. The van der Waals surface area contributed by atoms with Gasteiger partial charge in [0.15, 0.2) is 23.3 Å². The number of likely N-dealkylation sites (tertiary alicyclic amines) is 1. The molecule has 9 nitrogen and oxygen atoms in total. The molecule has 0 saturated carbocycles. The first-order valence-corrected chi connectivity index (χ1v) is 42.3. The highest BCUT2D eigenvalue weighted by atomic mass is 15.2. The van der Waals surface area contributed by atoms with E-state index in [2.05, 4.69) is 157 Å². The molecule has 3 atom stereocenters. The summed E-state index contributed by atoms with van der Waals surface area (Å²) in [4.78, 5) is 45.4. The standard InChI is InChI=1S/C107H47N9/c1-103(2,3)25-15-18-28-32(21-25)100-111-96(28)110-99-31-20-24(14-17-27(31)95(109-99)108-98-30-12-11-13-34(105(7,8)9)35(30)102(114-98)115-101-33-22-26(104(4,5)6)16-19-29(33)97(112-100)113-101)94-107-92-85-77-65-57-48-39-37-36-38-42(39)51-58-56-47(38)49-45-40(36)43-44-41(37)46-50(48)63(65)71-69-55(46)53(44)61-60-52(43)54(45)68-70-62(49)64(56)76-78-66(58)67(59(51)57)79(77)88(92)87(78)90-83(76)81(70)84-74(68)72(60)80-73(61)75(69)86(82(71)85)93(107)89(80)91(84)106(90,107)23-116(94)10/h11-22,94H,23H2,1-10H3,(H2,108,109,110,111,112,113,114,115). The third kappa shape index (κ3) is 3.79. The molecule has 3 unspecified atom stereocenters. The van der Waals surface area contributed by atoms with E-state index in [1.807, 2.05) is 0 Å². The Morgan fingerprint density at radius 3 is 1.04 bits per heavy atom. The van der Waals surface area contributed by atoms with Crippen molar-refractivity contribution in [2.24, 2.45) is 0 Å². The van der Waals surface area contributed by atoms with Crippen LogP contribution in [-0.4, -0.2) is 58.4 Å². The Balaban J connectivity index is 0.695. The van der Waals surface area contributed by atoms with Crippen molar-refractivity contribution < 1.29 is 0 Å². The van der Waals surface area contributed by atoms with Crippen molar-refractivity contribution in [2.75, 3.05) is 13.6 Å². The summed E-state index contributed by atoms with van der Waals surface area (Å²) < 4.78 is 0. The van der Waals surface area contributed by atoms with E-state index in [9.17, 15) is 0 Å². The minimum Gasteiger partial charge on any atom is -0.324 e. The Kier molecular flexibility index (Phi) is 6.00. The summed E-state index contributed by atoms with van der Waals surface area (Å²) in [7, 11) is 2.57. The summed E-state index contributed by atoms with van der Waals surface area (Å²) >= 11 is 0. The van der Waals surface area contributed by atoms with E-state index < -0.39 is 10.8 Å². The molecule has 4 aliphatic carbocycles. The Bertz CT molecular complexity index is 11100. The van der Waals surface area contributed by atoms with Crippen molar-refractivity contribution in [1.29, 1.82) is 0 Å². The monoisotopic (exact) mass is 1460 g/mol. The van der Waals surface area contributed by atoms with Gasteiger partial charge in [-0.25, -0.2) is 29.9 Å². The van der Waals surface area contributed by atoms with Crippen LogP contribution in [0, 0.1) is 0 Å². The fourth-order valence-corrected chi connectivity index (χ4v) is 33.1. The number of likely N-dealkylation sites (N-methyl/N-ethyl adjacent to an activating group) is 1. The highest BCUT2D eigenvalue weighted by Gasteiger charge is 2.76. The molecule has 1 fully saturated rings. The lowest BCUT2D eigenvalue weighted by atomic mass is 9.49. The molecule has 7 aliphatic rings. The quantitative estimate of drug-likeness (QED) is 0.157. The van der Waals surface area contributed by atoms with E-state index in [1.165, 1.54) is 22.3 Å². The topological polar surface area (TPSA) is 112 Å². The maximum atomic E-state index is 5.98. The van der Waals surface area contributed by atoms with Gasteiger partial charge in [-0.3, -0.25) is 4.90 Å². The maximum Gasteiger partial charge on any atom is 0.164 e. The van der Waals surface area contributed by atoms with Crippen LogP contribution in [0.4, 0.5) is 0 Å².